The molecule has 2 aromatic rings. The van der Waals surface area contributed by atoms with Crippen molar-refractivity contribution in [2.24, 2.45) is 0 Å². The molecule has 0 unspecified atom stereocenters. The molecule has 0 aliphatic heterocycles. The highest BCUT2D eigenvalue weighted by atomic mass is 79.9. The van der Waals surface area contributed by atoms with Gasteiger partial charge in [0, 0.05) is 10.9 Å². The lowest BCUT2D eigenvalue weighted by atomic mass is 10.1. The minimum absolute atomic E-state index is 0.460. The SMILES string of the molecule is C=Cc1nc(Cc2ccc(Br)cc2)no1. The number of rotatable bonds is 3. The topological polar surface area (TPSA) is 38.9 Å². The Balaban J connectivity index is 2.14. The summed E-state index contributed by atoms with van der Waals surface area (Å²) >= 11 is 3.38. The Bertz CT molecular complexity index is 462. The van der Waals surface area contributed by atoms with Crippen molar-refractivity contribution in [3.05, 3.63) is 52.6 Å². The molecule has 0 aliphatic carbocycles. The molecule has 0 fully saturated rings. The van der Waals surface area contributed by atoms with Crippen LogP contribution in [0.1, 0.15) is 17.3 Å². The van der Waals surface area contributed by atoms with Crippen molar-refractivity contribution >= 4 is 22.0 Å². The molecule has 1 aromatic heterocycles. The molecule has 0 radical (unpaired) electrons. The Labute approximate surface area is 95.9 Å². The maximum Gasteiger partial charge on any atom is 0.250 e. The average molecular weight is 265 g/mol. The summed E-state index contributed by atoms with van der Waals surface area (Å²) < 4.78 is 5.98. The molecule has 4 heteroatoms. The third-order valence-corrected chi connectivity index (χ3v) is 2.46. The van der Waals surface area contributed by atoms with E-state index in [1.165, 1.54) is 6.08 Å². The summed E-state index contributed by atoms with van der Waals surface area (Å²) in [4.78, 5) is 4.14. The first-order valence-corrected chi connectivity index (χ1v) is 5.26. The minimum atomic E-state index is 0.460. The number of halogens is 1. The van der Waals surface area contributed by atoms with E-state index in [0.717, 1.165) is 10.0 Å². The van der Waals surface area contributed by atoms with Crippen LogP contribution in [0.25, 0.3) is 6.08 Å². The molecule has 2 rings (SSSR count). The van der Waals surface area contributed by atoms with E-state index in [2.05, 4.69) is 32.6 Å². The predicted molar refractivity (Wildman–Crippen MR) is 61.3 cm³/mol. The fourth-order valence-electron chi connectivity index (χ4n) is 1.21. The van der Waals surface area contributed by atoms with Gasteiger partial charge in [0.15, 0.2) is 5.82 Å². The molecule has 15 heavy (non-hydrogen) atoms. The van der Waals surface area contributed by atoms with Gasteiger partial charge >= 0.3 is 0 Å². The molecule has 0 saturated carbocycles. The highest BCUT2D eigenvalue weighted by molar-refractivity contribution is 9.10. The van der Waals surface area contributed by atoms with Crippen molar-refractivity contribution in [2.45, 2.75) is 6.42 Å². The second-order valence-corrected chi connectivity index (χ2v) is 3.97. The van der Waals surface area contributed by atoms with Gasteiger partial charge in [-0.05, 0) is 23.8 Å². The summed E-state index contributed by atoms with van der Waals surface area (Å²) in [6.45, 7) is 3.56. The second kappa shape index (κ2) is 4.40. The van der Waals surface area contributed by atoms with Crippen LogP contribution < -0.4 is 0 Å². The summed E-state index contributed by atoms with van der Waals surface area (Å²) in [5.41, 5.74) is 1.15. The van der Waals surface area contributed by atoms with Crippen molar-refractivity contribution in [2.75, 3.05) is 0 Å². The van der Waals surface area contributed by atoms with E-state index in [0.29, 0.717) is 18.1 Å². The van der Waals surface area contributed by atoms with Gasteiger partial charge in [-0.25, -0.2) is 0 Å². The molecule has 0 N–H and O–H groups in total. The highest BCUT2D eigenvalue weighted by Gasteiger charge is 2.03. The summed E-state index contributed by atoms with van der Waals surface area (Å²) in [5, 5.41) is 3.84. The monoisotopic (exact) mass is 264 g/mol. The van der Waals surface area contributed by atoms with E-state index in [-0.39, 0.29) is 0 Å². The van der Waals surface area contributed by atoms with Gasteiger partial charge < -0.3 is 4.52 Å². The summed E-state index contributed by atoms with van der Waals surface area (Å²) in [7, 11) is 0. The molecule has 0 saturated heterocycles. The zero-order chi connectivity index (χ0) is 10.7. The van der Waals surface area contributed by atoms with E-state index in [4.69, 9.17) is 4.52 Å². The molecule has 1 heterocycles. The third kappa shape index (κ3) is 2.53. The van der Waals surface area contributed by atoms with Crippen LogP contribution in [0.5, 0.6) is 0 Å². The van der Waals surface area contributed by atoms with Crippen molar-refractivity contribution in [3.8, 4) is 0 Å². The highest BCUT2D eigenvalue weighted by Crippen LogP contribution is 2.13. The van der Waals surface area contributed by atoms with E-state index in [9.17, 15) is 0 Å². The molecule has 0 amide bonds. The van der Waals surface area contributed by atoms with Gasteiger partial charge in [0.1, 0.15) is 0 Å². The van der Waals surface area contributed by atoms with Crippen LogP contribution in [0.4, 0.5) is 0 Å². The molecule has 0 bridgehead atoms. The van der Waals surface area contributed by atoms with E-state index < -0.39 is 0 Å². The Hall–Kier alpha value is -1.42. The maximum atomic E-state index is 4.92. The van der Waals surface area contributed by atoms with Crippen molar-refractivity contribution in [1.82, 2.24) is 10.1 Å². The normalized spacial score (nSPS) is 10.2. The molecule has 76 valence electrons. The van der Waals surface area contributed by atoms with Gasteiger partial charge in [0.05, 0.1) is 0 Å². The van der Waals surface area contributed by atoms with Crippen LogP contribution in [0.3, 0.4) is 0 Å². The molecule has 3 nitrogen and oxygen atoms in total. The van der Waals surface area contributed by atoms with Gasteiger partial charge in [0.2, 0.25) is 5.89 Å². The zero-order valence-electron chi connectivity index (χ0n) is 7.98. The van der Waals surface area contributed by atoms with Crippen LogP contribution >= 0.6 is 15.9 Å². The predicted octanol–water partition coefficient (Wildman–Crippen LogP) is 3.07. The number of hydrogen-bond acceptors (Lipinski definition) is 3. The average Bonchev–Trinajstić information content (AvgIpc) is 2.69. The Morgan fingerprint density at radius 1 is 1.33 bits per heavy atom. The van der Waals surface area contributed by atoms with E-state index in [1.807, 2.05) is 24.3 Å². The lowest BCUT2D eigenvalue weighted by Crippen LogP contribution is -1.90. The Kier molecular flexibility index (Phi) is 2.97. The van der Waals surface area contributed by atoms with Crippen LogP contribution in [-0.2, 0) is 6.42 Å². The van der Waals surface area contributed by atoms with Crippen LogP contribution in [0, 0.1) is 0 Å². The summed E-state index contributed by atoms with van der Waals surface area (Å²) in [5.74, 6) is 1.13. The fraction of sp³-hybridized carbons (Fsp3) is 0.0909. The van der Waals surface area contributed by atoms with Gasteiger partial charge in [-0.15, -0.1) is 0 Å². The standard InChI is InChI=1S/C11H9BrN2O/c1-2-11-13-10(14-15-11)7-8-3-5-9(12)6-4-8/h2-6H,1,7H2. The van der Waals surface area contributed by atoms with Crippen LogP contribution in [0.15, 0.2) is 39.8 Å². The van der Waals surface area contributed by atoms with Crippen molar-refractivity contribution in [3.63, 3.8) is 0 Å². The third-order valence-electron chi connectivity index (χ3n) is 1.93. The number of aromatic nitrogens is 2. The minimum Gasteiger partial charge on any atom is -0.335 e. The maximum absolute atomic E-state index is 4.92. The lowest BCUT2D eigenvalue weighted by Gasteiger charge is -1.96. The summed E-state index contributed by atoms with van der Waals surface area (Å²) in [6.07, 6.45) is 2.21. The molecular weight excluding hydrogens is 256 g/mol. The molecule has 0 atom stereocenters. The number of hydrogen-bond donors (Lipinski definition) is 0. The van der Waals surface area contributed by atoms with Gasteiger partial charge in [-0.1, -0.05) is 39.8 Å². The summed E-state index contributed by atoms with van der Waals surface area (Å²) in [6, 6.07) is 8.02. The fourth-order valence-corrected chi connectivity index (χ4v) is 1.47. The molecular formula is C11H9BrN2O. The zero-order valence-corrected chi connectivity index (χ0v) is 9.57. The van der Waals surface area contributed by atoms with Crippen LogP contribution in [-0.4, -0.2) is 10.1 Å². The van der Waals surface area contributed by atoms with Crippen molar-refractivity contribution < 1.29 is 4.52 Å². The first-order valence-electron chi connectivity index (χ1n) is 4.47. The van der Waals surface area contributed by atoms with E-state index >= 15 is 0 Å². The molecule has 1 aromatic carbocycles. The first-order chi connectivity index (χ1) is 7.28. The number of nitrogens with zero attached hydrogens (tertiary/aromatic N) is 2. The smallest absolute Gasteiger partial charge is 0.250 e. The van der Waals surface area contributed by atoms with Gasteiger partial charge in [-0.3, -0.25) is 0 Å². The second-order valence-electron chi connectivity index (χ2n) is 3.06. The Morgan fingerprint density at radius 3 is 2.67 bits per heavy atom. The van der Waals surface area contributed by atoms with Gasteiger partial charge in [0.25, 0.3) is 0 Å². The Morgan fingerprint density at radius 2 is 2.07 bits per heavy atom. The van der Waals surface area contributed by atoms with E-state index in [1.54, 1.807) is 0 Å². The van der Waals surface area contributed by atoms with Crippen molar-refractivity contribution in [1.29, 1.82) is 0 Å². The van der Waals surface area contributed by atoms with Crippen LogP contribution in [0.2, 0.25) is 0 Å². The molecule has 0 aliphatic rings. The molecule has 0 spiro atoms. The lowest BCUT2D eigenvalue weighted by molar-refractivity contribution is 0.404. The largest absolute Gasteiger partial charge is 0.335 e. The number of benzene rings is 1. The van der Waals surface area contributed by atoms with Gasteiger partial charge in [-0.2, -0.15) is 4.98 Å². The quantitative estimate of drug-likeness (QED) is 0.856. The first kappa shape index (κ1) is 10.1.